The van der Waals surface area contributed by atoms with Crippen LogP contribution in [0.4, 0.5) is 17.5 Å². The highest BCUT2D eigenvalue weighted by Gasteiger charge is 2.11. The summed E-state index contributed by atoms with van der Waals surface area (Å²) in [4.78, 5) is 8.57. The number of nitrogen functional groups attached to an aromatic ring is 1. The number of nitrogens with one attached hydrogen (secondary N) is 1. The summed E-state index contributed by atoms with van der Waals surface area (Å²) in [5.74, 6) is 0.838. The fourth-order valence-electron chi connectivity index (χ4n) is 2.48. The fourth-order valence-corrected chi connectivity index (χ4v) is 2.48. The number of benzene rings is 1. The van der Waals surface area contributed by atoms with Crippen molar-refractivity contribution in [2.24, 2.45) is 5.73 Å². The molecule has 114 valence electrons. The molecule has 0 amide bonds. The SMILES string of the molecule is Cc1cc(C)cc(Nc2nc3c(N)ncc(CCN)n3n2)c1. The summed E-state index contributed by atoms with van der Waals surface area (Å²) in [5.41, 5.74) is 16.2. The summed E-state index contributed by atoms with van der Waals surface area (Å²) in [5, 5.41) is 7.68. The molecule has 0 aliphatic heterocycles. The molecule has 3 rings (SSSR count). The van der Waals surface area contributed by atoms with Crippen molar-refractivity contribution in [3.63, 3.8) is 0 Å². The van der Waals surface area contributed by atoms with E-state index in [0.717, 1.165) is 11.4 Å². The summed E-state index contributed by atoms with van der Waals surface area (Å²) in [6.07, 6.45) is 2.35. The predicted molar refractivity (Wildman–Crippen MR) is 87.2 cm³/mol. The fraction of sp³-hybridized carbons (Fsp3) is 0.267. The van der Waals surface area contributed by atoms with E-state index in [-0.39, 0.29) is 0 Å². The Morgan fingerprint density at radius 1 is 1.18 bits per heavy atom. The van der Waals surface area contributed by atoms with Crippen molar-refractivity contribution in [1.29, 1.82) is 0 Å². The van der Waals surface area contributed by atoms with Crippen molar-refractivity contribution in [1.82, 2.24) is 19.6 Å². The maximum Gasteiger partial charge on any atom is 0.247 e. The average Bonchev–Trinajstić information content (AvgIpc) is 2.85. The van der Waals surface area contributed by atoms with Gasteiger partial charge in [-0.15, -0.1) is 5.10 Å². The molecule has 0 radical (unpaired) electrons. The quantitative estimate of drug-likeness (QED) is 0.674. The molecule has 0 aliphatic rings. The molecular weight excluding hydrogens is 278 g/mol. The molecular formula is C15H19N7. The second-order valence-electron chi connectivity index (χ2n) is 5.35. The molecule has 22 heavy (non-hydrogen) atoms. The Labute approximate surface area is 128 Å². The van der Waals surface area contributed by atoms with Crippen LogP contribution in [-0.2, 0) is 6.42 Å². The van der Waals surface area contributed by atoms with Gasteiger partial charge in [-0.05, 0) is 43.7 Å². The topological polar surface area (TPSA) is 107 Å². The Bertz CT molecular complexity index is 802. The van der Waals surface area contributed by atoms with Crippen LogP contribution in [0.3, 0.4) is 0 Å². The molecule has 7 heteroatoms. The normalized spacial score (nSPS) is 11.0. The minimum atomic E-state index is 0.349. The predicted octanol–water partition coefficient (Wildman–Crippen LogP) is 1.57. The number of hydrogen-bond donors (Lipinski definition) is 3. The minimum Gasteiger partial charge on any atom is -0.381 e. The Hall–Kier alpha value is -2.67. The highest BCUT2D eigenvalue weighted by Crippen LogP contribution is 2.19. The Balaban J connectivity index is 2.01. The molecule has 0 saturated carbocycles. The van der Waals surface area contributed by atoms with Crippen molar-refractivity contribution in [3.05, 3.63) is 41.2 Å². The monoisotopic (exact) mass is 297 g/mol. The third kappa shape index (κ3) is 2.71. The Kier molecular flexibility index (Phi) is 3.64. The summed E-state index contributed by atoms with van der Waals surface area (Å²) in [7, 11) is 0. The first-order chi connectivity index (χ1) is 10.6. The van der Waals surface area contributed by atoms with E-state index in [4.69, 9.17) is 11.5 Å². The first kappa shape index (κ1) is 14.3. The van der Waals surface area contributed by atoms with Gasteiger partial charge in [-0.2, -0.15) is 4.98 Å². The van der Waals surface area contributed by atoms with Crippen molar-refractivity contribution in [3.8, 4) is 0 Å². The van der Waals surface area contributed by atoms with Crippen molar-refractivity contribution < 1.29 is 0 Å². The van der Waals surface area contributed by atoms with Gasteiger partial charge in [0.1, 0.15) is 0 Å². The highest BCUT2D eigenvalue weighted by atomic mass is 15.4. The third-order valence-electron chi connectivity index (χ3n) is 3.34. The van der Waals surface area contributed by atoms with Crippen LogP contribution in [0, 0.1) is 13.8 Å². The molecule has 2 aromatic heterocycles. The lowest BCUT2D eigenvalue weighted by molar-refractivity contribution is 0.820. The molecule has 0 unspecified atom stereocenters. The van der Waals surface area contributed by atoms with Crippen LogP contribution >= 0.6 is 0 Å². The van der Waals surface area contributed by atoms with E-state index >= 15 is 0 Å². The van der Waals surface area contributed by atoms with Gasteiger partial charge in [0.05, 0.1) is 11.9 Å². The highest BCUT2D eigenvalue weighted by molar-refractivity contribution is 5.64. The van der Waals surface area contributed by atoms with E-state index in [0.29, 0.717) is 30.4 Å². The van der Waals surface area contributed by atoms with Gasteiger partial charge in [-0.25, -0.2) is 9.50 Å². The number of hydrogen-bond acceptors (Lipinski definition) is 6. The lowest BCUT2D eigenvalue weighted by Crippen LogP contribution is -2.09. The zero-order valence-corrected chi connectivity index (χ0v) is 12.7. The van der Waals surface area contributed by atoms with Crippen LogP contribution in [0.2, 0.25) is 0 Å². The number of anilines is 3. The molecule has 0 saturated heterocycles. The van der Waals surface area contributed by atoms with Gasteiger partial charge in [-0.1, -0.05) is 6.07 Å². The van der Waals surface area contributed by atoms with Crippen LogP contribution in [-0.4, -0.2) is 26.1 Å². The second kappa shape index (κ2) is 5.61. The Morgan fingerprint density at radius 3 is 2.59 bits per heavy atom. The van der Waals surface area contributed by atoms with Gasteiger partial charge in [0.2, 0.25) is 5.95 Å². The van der Waals surface area contributed by atoms with Gasteiger partial charge >= 0.3 is 0 Å². The molecule has 0 spiro atoms. The van der Waals surface area contributed by atoms with Crippen LogP contribution in [0.5, 0.6) is 0 Å². The van der Waals surface area contributed by atoms with Gasteiger partial charge < -0.3 is 16.8 Å². The van der Waals surface area contributed by atoms with Gasteiger partial charge in [-0.3, -0.25) is 0 Å². The molecule has 3 aromatic rings. The zero-order valence-electron chi connectivity index (χ0n) is 12.7. The number of fused-ring (bicyclic) bond motifs is 1. The number of rotatable bonds is 4. The van der Waals surface area contributed by atoms with E-state index in [1.807, 2.05) is 12.1 Å². The van der Waals surface area contributed by atoms with Crippen LogP contribution in [0.1, 0.15) is 16.8 Å². The van der Waals surface area contributed by atoms with E-state index in [2.05, 4.69) is 40.3 Å². The molecule has 0 atom stereocenters. The van der Waals surface area contributed by atoms with Crippen LogP contribution in [0.25, 0.3) is 5.65 Å². The first-order valence-corrected chi connectivity index (χ1v) is 7.12. The third-order valence-corrected chi connectivity index (χ3v) is 3.34. The van der Waals surface area contributed by atoms with Crippen molar-refractivity contribution in [2.75, 3.05) is 17.6 Å². The maximum absolute atomic E-state index is 5.88. The van der Waals surface area contributed by atoms with Crippen molar-refractivity contribution >= 4 is 23.1 Å². The summed E-state index contributed by atoms with van der Waals surface area (Å²) in [6.45, 7) is 4.62. The second-order valence-corrected chi connectivity index (χ2v) is 5.35. The molecule has 7 nitrogen and oxygen atoms in total. The van der Waals surface area contributed by atoms with Crippen LogP contribution in [0.15, 0.2) is 24.4 Å². The lowest BCUT2D eigenvalue weighted by Gasteiger charge is -2.04. The molecule has 1 aromatic carbocycles. The summed E-state index contributed by atoms with van der Waals surface area (Å²) >= 11 is 0. The van der Waals surface area contributed by atoms with Crippen LogP contribution < -0.4 is 16.8 Å². The van der Waals surface area contributed by atoms with Gasteiger partial charge in [0, 0.05) is 12.1 Å². The molecule has 0 fully saturated rings. The smallest absolute Gasteiger partial charge is 0.247 e. The molecule has 5 N–H and O–H groups in total. The number of aryl methyl sites for hydroxylation is 2. The van der Waals surface area contributed by atoms with E-state index < -0.39 is 0 Å². The Morgan fingerprint density at radius 2 is 1.91 bits per heavy atom. The van der Waals surface area contributed by atoms with E-state index in [1.54, 1.807) is 10.7 Å². The summed E-state index contributed by atoms with van der Waals surface area (Å²) < 4.78 is 1.69. The standard InChI is InChI=1S/C15H19N7/c1-9-5-10(2)7-11(6-9)19-15-20-14-13(17)18-8-12(3-4-16)22(14)21-15/h5-8H,3-4,16H2,1-2H3,(H2,17,18)(H,19,21). The molecule has 0 bridgehead atoms. The zero-order chi connectivity index (χ0) is 15.7. The number of nitrogens with two attached hydrogens (primary N) is 2. The van der Waals surface area contributed by atoms with Gasteiger partial charge in [0.15, 0.2) is 11.5 Å². The number of nitrogens with zero attached hydrogens (tertiary/aromatic N) is 4. The van der Waals surface area contributed by atoms with Crippen molar-refractivity contribution in [2.45, 2.75) is 20.3 Å². The molecule has 0 aliphatic carbocycles. The average molecular weight is 297 g/mol. The van der Waals surface area contributed by atoms with E-state index in [1.165, 1.54) is 11.1 Å². The first-order valence-electron chi connectivity index (χ1n) is 7.12. The van der Waals surface area contributed by atoms with E-state index in [9.17, 15) is 0 Å². The minimum absolute atomic E-state index is 0.349. The van der Waals surface area contributed by atoms with Gasteiger partial charge in [0.25, 0.3) is 0 Å². The molecule has 2 heterocycles. The summed E-state index contributed by atoms with van der Waals surface area (Å²) in [6, 6.07) is 6.20. The lowest BCUT2D eigenvalue weighted by atomic mass is 10.1. The number of aromatic nitrogens is 4. The maximum atomic E-state index is 5.88. The largest absolute Gasteiger partial charge is 0.381 e.